The minimum atomic E-state index is -1.11. The number of phenols is 2. The van der Waals surface area contributed by atoms with E-state index in [0.29, 0.717) is 22.3 Å². The highest BCUT2D eigenvalue weighted by Gasteiger charge is 2.12. The lowest BCUT2D eigenvalue weighted by atomic mass is 10.00. The molecule has 0 unspecified atom stereocenters. The molecule has 0 aliphatic heterocycles. The summed E-state index contributed by atoms with van der Waals surface area (Å²) in [6.45, 7) is 0. The van der Waals surface area contributed by atoms with Crippen LogP contribution in [0.15, 0.2) is 72.8 Å². The highest BCUT2D eigenvalue weighted by atomic mass is 16.4. The van der Waals surface area contributed by atoms with Crippen molar-refractivity contribution in [1.82, 2.24) is 0 Å². The van der Waals surface area contributed by atoms with Gasteiger partial charge < -0.3 is 20.4 Å². The summed E-state index contributed by atoms with van der Waals surface area (Å²) in [5, 5.41) is 37.8. The Hall–Kier alpha value is -4.32. The van der Waals surface area contributed by atoms with Gasteiger partial charge in [-0.15, -0.1) is 0 Å². The first-order valence-corrected chi connectivity index (χ1v) is 8.92. The van der Waals surface area contributed by atoms with E-state index in [1.807, 2.05) is 0 Å². The topological polar surface area (TPSA) is 115 Å². The van der Waals surface area contributed by atoms with Gasteiger partial charge in [-0.1, -0.05) is 48.5 Å². The van der Waals surface area contributed by atoms with Gasteiger partial charge in [-0.25, -0.2) is 9.59 Å². The summed E-state index contributed by atoms with van der Waals surface area (Å²) in [6.07, 6.45) is 3.00. The average molecular weight is 402 g/mol. The minimum Gasteiger partial charge on any atom is -0.508 e. The molecule has 0 spiro atoms. The molecule has 0 saturated carbocycles. The van der Waals surface area contributed by atoms with E-state index in [4.69, 9.17) is 0 Å². The van der Waals surface area contributed by atoms with E-state index in [1.165, 1.54) is 60.7 Å². The zero-order chi connectivity index (χ0) is 21.7. The van der Waals surface area contributed by atoms with Crippen LogP contribution in [-0.4, -0.2) is 32.4 Å². The van der Waals surface area contributed by atoms with Crippen LogP contribution in [0.1, 0.15) is 22.3 Å². The Morgan fingerprint density at radius 1 is 0.533 bits per heavy atom. The molecule has 0 fully saturated rings. The monoisotopic (exact) mass is 402 g/mol. The summed E-state index contributed by atoms with van der Waals surface area (Å²) < 4.78 is 0. The van der Waals surface area contributed by atoms with Crippen LogP contribution in [0, 0.1) is 0 Å². The third-order valence-electron chi connectivity index (χ3n) is 4.38. The number of hydrogen-bond acceptors (Lipinski definition) is 4. The third-order valence-corrected chi connectivity index (χ3v) is 4.38. The molecule has 0 radical (unpaired) electrons. The summed E-state index contributed by atoms with van der Waals surface area (Å²) in [5.41, 5.74) is 2.27. The fourth-order valence-electron chi connectivity index (χ4n) is 2.84. The molecular weight excluding hydrogens is 384 g/mol. The first-order valence-electron chi connectivity index (χ1n) is 8.92. The molecule has 30 heavy (non-hydrogen) atoms. The maximum atomic E-state index is 11.6. The molecule has 3 aromatic rings. The van der Waals surface area contributed by atoms with Crippen LogP contribution in [-0.2, 0) is 9.59 Å². The van der Waals surface area contributed by atoms with Crippen LogP contribution in [0.3, 0.4) is 0 Å². The second-order valence-electron chi connectivity index (χ2n) is 6.49. The molecule has 0 aromatic heterocycles. The quantitative estimate of drug-likeness (QED) is 0.360. The van der Waals surface area contributed by atoms with Crippen molar-refractivity contribution in [3.05, 3.63) is 95.1 Å². The van der Waals surface area contributed by atoms with Gasteiger partial charge in [0, 0.05) is 0 Å². The molecule has 6 heteroatoms. The van der Waals surface area contributed by atoms with Gasteiger partial charge in [0.1, 0.15) is 11.5 Å². The number of rotatable bonds is 6. The SMILES string of the molecule is O=C(O)C(=Cc1ccc(C=C(C(=O)O)c2ccc(O)cc2)cc1)c1ccc(O)cc1. The van der Waals surface area contributed by atoms with E-state index in [9.17, 15) is 30.0 Å². The number of carboxylic acid groups (broad SMARTS) is 2. The highest BCUT2D eigenvalue weighted by Crippen LogP contribution is 2.24. The normalized spacial score (nSPS) is 11.9. The van der Waals surface area contributed by atoms with Crippen molar-refractivity contribution in [2.24, 2.45) is 0 Å². The molecule has 0 amide bonds. The predicted octanol–water partition coefficient (Wildman–Crippen LogP) is 4.35. The molecule has 0 heterocycles. The number of carbonyl (C=O) groups is 2. The first kappa shape index (κ1) is 20.4. The third kappa shape index (κ3) is 4.94. The largest absolute Gasteiger partial charge is 0.508 e. The summed E-state index contributed by atoms with van der Waals surface area (Å²) >= 11 is 0. The molecule has 3 rings (SSSR count). The Labute approximate surface area is 172 Å². The Kier molecular flexibility index (Phi) is 5.98. The van der Waals surface area contributed by atoms with E-state index in [2.05, 4.69) is 0 Å². The first-order chi connectivity index (χ1) is 14.3. The molecule has 0 atom stereocenters. The zero-order valence-corrected chi connectivity index (χ0v) is 15.7. The van der Waals surface area contributed by atoms with Crippen LogP contribution in [0.25, 0.3) is 23.3 Å². The van der Waals surface area contributed by atoms with Crippen molar-refractivity contribution in [1.29, 1.82) is 0 Å². The van der Waals surface area contributed by atoms with Crippen molar-refractivity contribution in [3.8, 4) is 11.5 Å². The van der Waals surface area contributed by atoms with E-state index in [-0.39, 0.29) is 22.6 Å². The molecule has 6 nitrogen and oxygen atoms in total. The van der Waals surface area contributed by atoms with Crippen LogP contribution >= 0.6 is 0 Å². The molecule has 0 saturated heterocycles. The van der Waals surface area contributed by atoms with Crippen LogP contribution in [0.4, 0.5) is 0 Å². The second kappa shape index (κ2) is 8.79. The fourth-order valence-corrected chi connectivity index (χ4v) is 2.84. The fraction of sp³-hybridized carbons (Fsp3) is 0. The highest BCUT2D eigenvalue weighted by molar-refractivity contribution is 6.21. The number of aromatic hydroxyl groups is 2. The number of aliphatic carboxylic acids is 2. The lowest BCUT2D eigenvalue weighted by Crippen LogP contribution is -2.00. The van der Waals surface area contributed by atoms with Gasteiger partial charge in [0.2, 0.25) is 0 Å². The lowest BCUT2D eigenvalue weighted by Gasteiger charge is -2.05. The molecule has 0 aliphatic rings. The Balaban J connectivity index is 1.92. The minimum absolute atomic E-state index is 0.0440. The van der Waals surface area contributed by atoms with Crippen molar-refractivity contribution < 1.29 is 30.0 Å². The van der Waals surface area contributed by atoms with Gasteiger partial charge in [-0.05, 0) is 58.7 Å². The molecular formula is C24H18O6. The maximum Gasteiger partial charge on any atom is 0.336 e. The summed E-state index contributed by atoms with van der Waals surface area (Å²) in [4.78, 5) is 23.3. The predicted molar refractivity (Wildman–Crippen MR) is 114 cm³/mol. The van der Waals surface area contributed by atoms with Crippen LogP contribution in [0.5, 0.6) is 11.5 Å². The molecule has 3 aromatic carbocycles. The van der Waals surface area contributed by atoms with Crippen molar-refractivity contribution in [2.45, 2.75) is 0 Å². The van der Waals surface area contributed by atoms with E-state index in [1.54, 1.807) is 24.3 Å². The molecule has 0 bridgehead atoms. The molecule has 4 N–H and O–H groups in total. The van der Waals surface area contributed by atoms with E-state index in [0.717, 1.165) is 0 Å². The average Bonchev–Trinajstić information content (AvgIpc) is 2.72. The summed E-state index contributed by atoms with van der Waals surface area (Å²) in [7, 11) is 0. The summed E-state index contributed by atoms with van der Waals surface area (Å²) in [5.74, 6) is -2.12. The van der Waals surface area contributed by atoms with E-state index >= 15 is 0 Å². The van der Waals surface area contributed by atoms with Gasteiger partial charge in [-0.3, -0.25) is 0 Å². The van der Waals surface area contributed by atoms with Crippen LogP contribution in [0.2, 0.25) is 0 Å². The van der Waals surface area contributed by atoms with Crippen molar-refractivity contribution in [2.75, 3.05) is 0 Å². The maximum absolute atomic E-state index is 11.6. The number of phenolic OH excluding ortho intramolecular Hbond substituents is 2. The molecule has 150 valence electrons. The smallest absolute Gasteiger partial charge is 0.336 e. The van der Waals surface area contributed by atoms with Gasteiger partial charge in [0.05, 0.1) is 11.1 Å². The number of hydrogen-bond donors (Lipinski definition) is 4. The number of benzene rings is 3. The Morgan fingerprint density at radius 3 is 1.10 bits per heavy atom. The van der Waals surface area contributed by atoms with Crippen molar-refractivity contribution >= 4 is 35.2 Å². The Bertz CT molecular complexity index is 1030. The lowest BCUT2D eigenvalue weighted by molar-refractivity contribution is -0.131. The standard InChI is InChI=1S/C24H18O6/c25-19-9-5-17(6-10-19)21(23(27)28)13-15-1-2-16(4-3-15)14-22(24(29)30)18-7-11-20(26)12-8-18/h1-14,25-26H,(H,27,28)(H,29,30). The zero-order valence-electron chi connectivity index (χ0n) is 15.7. The van der Waals surface area contributed by atoms with Crippen LogP contribution < -0.4 is 0 Å². The Morgan fingerprint density at radius 2 is 0.833 bits per heavy atom. The van der Waals surface area contributed by atoms with Crippen molar-refractivity contribution in [3.63, 3.8) is 0 Å². The number of carboxylic acids is 2. The van der Waals surface area contributed by atoms with Gasteiger partial charge in [0.25, 0.3) is 0 Å². The molecule has 0 aliphatic carbocycles. The van der Waals surface area contributed by atoms with E-state index < -0.39 is 11.9 Å². The van der Waals surface area contributed by atoms with Gasteiger partial charge in [0.15, 0.2) is 0 Å². The van der Waals surface area contributed by atoms with Gasteiger partial charge in [-0.2, -0.15) is 0 Å². The van der Waals surface area contributed by atoms with Gasteiger partial charge >= 0.3 is 11.9 Å². The second-order valence-corrected chi connectivity index (χ2v) is 6.49. The summed E-state index contributed by atoms with van der Waals surface area (Å²) in [6, 6.07) is 18.5.